The zero-order chi connectivity index (χ0) is 30.2. The van der Waals surface area contributed by atoms with E-state index >= 15 is 0 Å². The molecule has 4 rings (SSSR count). The summed E-state index contributed by atoms with van der Waals surface area (Å²) in [6, 6.07) is 10.4. The summed E-state index contributed by atoms with van der Waals surface area (Å²) in [6.07, 6.45) is -14.2. The number of carbonyl (C=O) groups is 1. The number of ether oxygens (including phenoxy) is 1. The third-order valence-electron chi connectivity index (χ3n) is 6.58. The predicted octanol–water partition coefficient (Wildman–Crippen LogP) is 7.04. The Morgan fingerprint density at radius 1 is 0.902 bits per heavy atom. The Balaban J connectivity index is 1.61. The number of aromatic nitrogens is 1. The number of pyridine rings is 1. The van der Waals surface area contributed by atoms with E-state index < -0.39 is 53.7 Å². The van der Waals surface area contributed by atoms with Crippen LogP contribution < -0.4 is 9.64 Å². The summed E-state index contributed by atoms with van der Waals surface area (Å²) in [6.45, 7) is 0.0895. The van der Waals surface area contributed by atoms with Gasteiger partial charge in [-0.1, -0.05) is 18.2 Å². The van der Waals surface area contributed by atoms with Gasteiger partial charge in [0.2, 0.25) is 5.91 Å². The molecule has 1 aliphatic rings. The lowest BCUT2D eigenvalue weighted by Gasteiger charge is -2.26. The van der Waals surface area contributed by atoms with Crippen LogP contribution in [0.25, 0.3) is 0 Å². The molecule has 2 aromatic carbocycles. The van der Waals surface area contributed by atoms with Gasteiger partial charge in [0.05, 0.1) is 17.6 Å². The number of rotatable bonds is 7. The zero-order valence-electron chi connectivity index (χ0n) is 21.2. The second-order valence-electron chi connectivity index (χ2n) is 9.38. The van der Waals surface area contributed by atoms with Gasteiger partial charge in [0, 0.05) is 24.3 Å². The van der Waals surface area contributed by atoms with Crippen LogP contribution in [0.5, 0.6) is 5.75 Å². The highest BCUT2D eigenvalue weighted by molar-refractivity contribution is 6.00. The molecule has 41 heavy (non-hydrogen) atoms. The van der Waals surface area contributed by atoms with Gasteiger partial charge in [-0.2, -0.15) is 26.3 Å². The van der Waals surface area contributed by atoms with Gasteiger partial charge in [0.1, 0.15) is 11.4 Å². The number of anilines is 1. The molecule has 1 saturated heterocycles. The van der Waals surface area contributed by atoms with E-state index in [0.29, 0.717) is 0 Å². The van der Waals surface area contributed by atoms with Gasteiger partial charge in [0.25, 0.3) is 0 Å². The van der Waals surface area contributed by atoms with Crippen molar-refractivity contribution in [1.29, 1.82) is 0 Å². The average molecular weight is 591 g/mol. The number of benzene rings is 2. The topological polar surface area (TPSA) is 45.7 Å². The molecule has 3 aromatic rings. The summed E-state index contributed by atoms with van der Waals surface area (Å²) in [5.41, 5.74) is -1.60. The van der Waals surface area contributed by atoms with Gasteiger partial charge in [-0.15, -0.1) is 13.2 Å². The summed E-state index contributed by atoms with van der Waals surface area (Å²) >= 11 is 0. The van der Waals surface area contributed by atoms with Crippen molar-refractivity contribution in [2.75, 3.05) is 18.5 Å². The van der Waals surface area contributed by atoms with Gasteiger partial charge < -0.3 is 9.64 Å². The number of likely N-dealkylation sites (N-methyl/N-ethyl adjacent to an activating group) is 1. The summed E-state index contributed by atoms with van der Waals surface area (Å²) in [5, 5.41) is 0. The van der Waals surface area contributed by atoms with Crippen molar-refractivity contribution in [2.45, 2.75) is 43.6 Å². The van der Waals surface area contributed by atoms with E-state index in [0.717, 1.165) is 30.3 Å². The van der Waals surface area contributed by atoms with Crippen LogP contribution in [0.15, 0.2) is 66.7 Å². The van der Waals surface area contributed by atoms with Crippen LogP contribution in [-0.4, -0.2) is 41.8 Å². The molecule has 0 aliphatic carbocycles. The Labute approximate surface area is 228 Å². The molecule has 2 heterocycles. The number of amides is 1. The van der Waals surface area contributed by atoms with Gasteiger partial charge >= 0.3 is 18.7 Å². The van der Waals surface area contributed by atoms with E-state index in [4.69, 9.17) is 0 Å². The maximum Gasteiger partial charge on any atom is 0.573 e. The molecule has 0 spiro atoms. The zero-order valence-corrected chi connectivity index (χ0v) is 21.2. The Morgan fingerprint density at radius 2 is 1.56 bits per heavy atom. The fourth-order valence-corrected chi connectivity index (χ4v) is 4.65. The maximum absolute atomic E-state index is 13.6. The van der Waals surface area contributed by atoms with E-state index in [9.17, 15) is 44.3 Å². The van der Waals surface area contributed by atoms with E-state index in [2.05, 4.69) is 9.72 Å². The summed E-state index contributed by atoms with van der Waals surface area (Å²) in [5.74, 6) is -1.10. The van der Waals surface area contributed by atoms with E-state index in [1.54, 1.807) is 11.9 Å². The lowest BCUT2D eigenvalue weighted by Crippen LogP contribution is -2.40. The molecule has 0 bridgehead atoms. The monoisotopic (exact) mass is 591 g/mol. The molecule has 2 atom stereocenters. The third kappa shape index (κ3) is 7.29. The van der Waals surface area contributed by atoms with Crippen molar-refractivity contribution >= 4 is 11.6 Å². The van der Waals surface area contributed by atoms with Crippen molar-refractivity contribution in [2.24, 2.45) is 0 Å². The Hall–Kier alpha value is -3.81. The summed E-state index contributed by atoms with van der Waals surface area (Å²) in [4.78, 5) is 20.0. The van der Waals surface area contributed by atoms with Crippen LogP contribution in [0.3, 0.4) is 0 Å². The first kappa shape index (κ1) is 30.2. The minimum absolute atomic E-state index is 0.00741. The maximum atomic E-state index is 13.6. The Morgan fingerprint density at radius 3 is 2.17 bits per heavy atom. The minimum Gasteiger partial charge on any atom is -0.406 e. The highest BCUT2D eigenvalue weighted by atomic mass is 19.4. The molecule has 1 aliphatic heterocycles. The fourth-order valence-electron chi connectivity index (χ4n) is 4.65. The number of nitrogens with zero attached hydrogens (tertiary/aromatic N) is 3. The highest BCUT2D eigenvalue weighted by Gasteiger charge is 2.44. The third-order valence-corrected chi connectivity index (χ3v) is 6.58. The summed E-state index contributed by atoms with van der Waals surface area (Å²) < 4.78 is 121. The van der Waals surface area contributed by atoms with Crippen LogP contribution in [0.2, 0.25) is 0 Å². The lowest BCUT2D eigenvalue weighted by atomic mass is 9.99. The first-order valence-electron chi connectivity index (χ1n) is 12.1. The van der Waals surface area contributed by atoms with Crippen LogP contribution in [0.1, 0.15) is 35.0 Å². The largest absolute Gasteiger partial charge is 0.573 e. The smallest absolute Gasteiger partial charge is 0.406 e. The molecule has 0 saturated carbocycles. The van der Waals surface area contributed by atoms with Gasteiger partial charge in [0.15, 0.2) is 0 Å². The fraction of sp³-hybridized carbons (Fsp3) is 0.333. The molecule has 0 unspecified atom stereocenters. The van der Waals surface area contributed by atoms with Crippen LogP contribution in [0.4, 0.5) is 45.2 Å². The number of halogens is 9. The van der Waals surface area contributed by atoms with Crippen molar-refractivity contribution in [3.8, 4) is 5.75 Å². The molecule has 14 heteroatoms. The molecule has 0 N–H and O–H groups in total. The Kier molecular flexibility index (Phi) is 8.25. The van der Waals surface area contributed by atoms with Crippen LogP contribution in [0, 0.1) is 0 Å². The molecule has 1 fully saturated rings. The second kappa shape index (κ2) is 11.2. The minimum atomic E-state index is -4.95. The predicted molar refractivity (Wildman–Crippen MR) is 129 cm³/mol. The SMILES string of the molecule is CN(CCc1cccc(C(F)(F)F)n1)[C@@H]1C[C@H](c2cccc(C(F)(F)F)c2)N(c2ccc(OC(F)(F)F)cc2)C1=O. The average Bonchev–Trinajstić information content (AvgIpc) is 3.23. The van der Waals surface area contributed by atoms with E-state index in [1.165, 1.54) is 41.3 Å². The Bertz CT molecular complexity index is 1370. The van der Waals surface area contributed by atoms with E-state index in [-0.39, 0.29) is 36.3 Å². The lowest BCUT2D eigenvalue weighted by molar-refractivity contribution is -0.274. The van der Waals surface area contributed by atoms with Crippen molar-refractivity contribution < 1.29 is 49.0 Å². The number of carbonyl (C=O) groups excluding carboxylic acids is 1. The number of hydrogen-bond acceptors (Lipinski definition) is 4. The molecule has 220 valence electrons. The standard InChI is InChI=1S/C27H22F9N3O2/c1-38(13-12-18-6-3-7-23(37-18)26(31,32)33)22-15-21(16-4-2-5-17(14-16)25(28,29)30)39(24(22)40)19-8-10-20(11-9-19)41-27(34,35)36/h2-11,14,21-22H,12-13,15H2,1H3/t21-,22-/m1/s1. The molecule has 0 radical (unpaired) electrons. The van der Waals surface area contributed by atoms with Crippen LogP contribution in [-0.2, 0) is 23.6 Å². The molecular weight excluding hydrogens is 569 g/mol. The van der Waals surface area contributed by atoms with Gasteiger partial charge in [-0.05, 0) is 67.6 Å². The first-order valence-corrected chi connectivity index (χ1v) is 12.1. The molecule has 1 aromatic heterocycles. The first-order chi connectivity index (χ1) is 19.0. The number of hydrogen-bond donors (Lipinski definition) is 0. The molecule has 5 nitrogen and oxygen atoms in total. The second-order valence-corrected chi connectivity index (χ2v) is 9.38. The van der Waals surface area contributed by atoms with Gasteiger partial charge in [-0.25, -0.2) is 4.98 Å². The number of alkyl halides is 9. The van der Waals surface area contributed by atoms with Crippen molar-refractivity contribution in [1.82, 2.24) is 9.88 Å². The molecule has 1 amide bonds. The molecular formula is C27H22F9N3O2. The van der Waals surface area contributed by atoms with Crippen LogP contribution >= 0.6 is 0 Å². The van der Waals surface area contributed by atoms with E-state index in [1.807, 2.05) is 0 Å². The summed E-state index contributed by atoms with van der Waals surface area (Å²) in [7, 11) is 1.54. The highest BCUT2D eigenvalue weighted by Crippen LogP contribution is 2.41. The quantitative estimate of drug-likeness (QED) is 0.277. The van der Waals surface area contributed by atoms with Gasteiger partial charge in [-0.3, -0.25) is 9.69 Å². The normalized spacial score (nSPS) is 18.3. The van der Waals surface area contributed by atoms with Crippen molar-refractivity contribution in [3.05, 3.63) is 89.2 Å². The van der Waals surface area contributed by atoms with Crippen molar-refractivity contribution in [3.63, 3.8) is 0 Å².